The summed E-state index contributed by atoms with van der Waals surface area (Å²) in [5.74, 6) is 2.92. The minimum Gasteiger partial charge on any atom is -0.377 e. The second-order valence-electron chi connectivity index (χ2n) is 2.95. The summed E-state index contributed by atoms with van der Waals surface area (Å²) in [6.45, 7) is 2.75. The zero-order chi connectivity index (χ0) is 7.40. The zero-order valence-corrected chi connectivity index (χ0v) is 6.47. The maximum atomic E-state index is 5.49. The highest BCUT2D eigenvalue weighted by molar-refractivity contribution is 4.90. The Kier molecular flexibility index (Phi) is 2.77. The number of terminal acetylenes is 1. The first-order valence-corrected chi connectivity index (χ1v) is 3.90. The van der Waals surface area contributed by atoms with Crippen LogP contribution >= 0.6 is 0 Å². The second kappa shape index (κ2) is 3.63. The van der Waals surface area contributed by atoms with E-state index in [1.165, 1.54) is 19.3 Å². The minimum absolute atomic E-state index is 0.278. The summed E-state index contributed by atoms with van der Waals surface area (Å²) in [4.78, 5) is 0. The number of hydrogen-bond donors (Lipinski definition) is 0. The van der Waals surface area contributed by atoms with E-state index in [0.717, 1.165) is 6.61 Å². The van der Waals surface area contributed by atoms with E-state index < -0.39 is 0 Å². The van der Waals surface area contributed by atoms with E-state index >= 15 is 0 Å². The second-order valence-corrected chi connectivity index (χ2v) is 2.95. The molecule has 0 spiro atoms. The van der Waals surface area contributed by atoms with Gasteiger partial charge in [-0.3, -0.25) is 0 Å². The Labute approximate surface area is 62.8 Å². The van der Waals surface area contributed by atoms with E-state index in [2.05, 4.69) is 5.92 Å². The van der Waals surface area contributed by atoms with Crippen molar-refractivity contribution in [2.24, 2.45) is 5.92 Å². The van der Waals surface area contributed by atoms with Crippen molar-refractivity contribution in [2.75, 3.05) is 6.61 Å². The van der Waals surface area contributed by atoms with Crippen molar-refractivity contribution in [1.82, 2.24) is 0 Å². The molecule has 0 aromatic rings. The summed E-state index contributed by atoms with van der Waals surface area (Å²) in [6, 6.07) is 0. The molecule has 0 heterocycles. The predicted octanol–water partition coefficient (Wildman–Crippen LogP) is 1.82. The lowest BCUT2D eigenvalue weighted by Crippen LogP contribution is -2.23. The van der Waals surface area contributed by atoms with Gasteiger partial charge in [0.05, 0.1) is 12.7 Å². The van der Waals surface area contributed by atoms with Gasteiger partial charge in [0.25, 0.3) is 0 Å². The molecule has 1 rings (SSSR count). The van der Waals surface area contributed by atoms with Gasteiger partial charge in [0.1, 0.15) is 0 Å². The van der Waals surface area contributed by atoms with E-state index in [0.29, 0.717) is 6.10 Å². The van der Waals surface area contributed by atoms with Crippen molar-refractivity contribution in [2.45, 2.75) is 32.3 Å². The highest BCUT2D eigenvalue weighted by Crippen LogP contribution is 2.22. The summed E-state index contributed by atoms with van der Waals surface area (Å²) in [5.41, 5.74) is 0. The van der Waals surface area contributed by atoms with Crippen LogP contribution in [0.3, 0.4) is 0 Å². The van der Waals surface area contributed by atoms with E-state index in [4.69, 9.17) is 11.2 Å². The van der Waals surface area contributed by atoms with E-state index in [1.54, 1.807) is 0 Å². The van der Waals surface area contributed by atoms with Crippen molar-refractivity contribution in [3.63, 3.8) is 0 Å². The van der Waals surface area contributed by atoms with Gasteiger partial charge in [0.2, 0.25) is 0 Å². The average molecular weight is 138 g/mol. The lowest BCUT2D eigenvalue weighted by atomic mass is 9.96. The van der Waals surface area contributed by atoms with Crippen LogP contribution < -0.4 is 0 Å². The fraction of sp³-hybridized carbons (Fsp3) is 0.778. The lowest BCUT2D eigenvalue weighted by Gasteiger charge is -2.26. The molecule has 56 valence electrons. The Bertz CT molecular complexity index is 130. The maximum Gasteiger partial charge on any atom is 0.0604 e. The smallest absolute Gasteiger partial charge is 0.0604 e. The number of rotatable bonds is 3. The van der Waals surface area contributed by atoms with Crippen molar-refractivity contribution in [3.8, 4) is 12.3 Å². The Morgan fingerprint density at radius 2 is 2.40 bits per heavy atom. The standard InChI is InChI=1S/C9H14O/c1-3-8(2)7-10-9-5-4-6-9/h1,8-9H,4-7H2,2H3. The topological polar surface area (TPSA) is 9.23 Å². The van der Waals surface area contributed by atoms with E-state index in [-0.39, 0.29) is 5.92 Å². The van der Waals surface area contributed by atoms with Crippen LogP contribution in [0.25, 0.3) is 0 Å². The van der Waals surface area contributed by atoms with Crippen molar-refractivity contribution < 1.29 is 4.74 Å². The van der Waals surface area contributed by atoms with Crippen LogP contribution in [0.5, 0.6) is 0 Å². The monoisotopic (exact) mass is 138 g/mol. The molecule has 0 saturated heterocycles. The average Bonchev–Trinajstić information content (AvgIpc) is 1.84. The summed E-state index contributed by atoms with van der Waals surface area (Å²) in [5, 5.41) is 0. The highest BCUT2D eigenvalue weighted by atomic mass is 16.5. The first-order chi connectivity index (χ1) is 4.83. The fourth-order valence-corrected chi connectivity index (χ4v) is 0.866. The predicted molar refractivity (Wildman–Crippen MR) is 41.6 cm³/mol. The Morgan fingerprint density at radius 1 is 1.70 bits per heavy atom. The van der Waals surface area contributed by atoms with Gasteiger partial charge in [-0.2, -0.15) is 0 Å². The van der Waals surface area contributed by atoms with Gasteiger partial charge in [-0.05, 0) is 26.2 Å². The largest absolute Gasteiger partial charge is 0.377 e. The molecule has 1 fully saturated rings. The van der Waals surface area contributed by atoms with Gasteiger partial charge in [-0.15, -0.1) is 12.3 Å². The van der Waals surface area contributed by atoms with Crippen LogP contribution in [-0.2, 0) is 4.74 Å². The molecule has 0 bridgehead atoms. The van der Waals surface area contributed by atoms with Gasteiger partial charge in [-0.1, -0.05) is 0 Å². The van der Waals surface area contributed by atoms with E-state index in [1.807, 2.05) is 6.92 Å². The summed E-state index contributed by atoms with van der Waals surface area (Å²) >= 11 is 0. The van der Waals surface area contributed by atoms with Crippen LogP contribution in [0.4, 0.5) is 0 Å². The Balaban J connectivity index is 1.99. The fourth-order valence-electron chi connectivity index (χ4n) is 0.866. The molecule has 1 heteroatoms. The van der Waals surface area contributed by atoms with Crippen molar-refractivity contribution in [3.05, 3.63) is 0 Å². The Hall–Kier alpha value is -0.480. The van der Waals surface area contributed by atoms with Crippen molar-refractivity contribution >= 4 is 0 Å². The molecular formula is C9H14O. The molecule has 1 nitrogen and oxygen atoms in total. The number of hydrogen-bond acceptors (Lipinski definition) is 1. The van der Waals surface area contributed by atoms with Gasteiger partial charge < -0.3 is 4.74 Å². The quantitative estimate of drug-likeness (QED) is 0.540. The molecule has 1 atom stereocenters. The van der Waals surface area contributed by atoms with Crippen LogP contribution in [0, 0.1) is 18.3 Å². The molecule has 0 radical (unpaired) electrons. The van der Waals surface area contributed by atoms with Crippen molar-refractivity contribution in [1.29, 1.82) is 0 Å². The molecular weight excluding hydrogens is 124 g/mol. The molecule has 0 aliphatic heterocycles. The summed E-state index contributed by atoms with van der Waals surface area (Å²) in [6.07, 6.45) is 9.51. The van der Waals surface area contributed by atoms with Crippen LogP contribution in [-0.4, -0.2) is 12.7 Å². The molecule has 0 aromatic carbocycles. The van der Waals surface area contributed by atoms with E-state index in [9.17, 15) is 0 Å². The lowest BCUT2D eigenvalue weighted by molar-refractivity contribution is -0.00585. The molecule has 0 N–H and O–H groups in total. The molecule has 1 aliphatic rings. The Morgan fingerprint density at radius 3 is 2.80 bits per heavy atom. The number of ether oxygens (including phenoxy) is 1. The zero-order valence-electron chi connectivity index (χ0n) is 6.47. The molecule has 10 heavy (non-hydrogen) atoms. The third-order valence-corrected chi connectivity index (χ3v) is 1.92. The highest BCUT2D eigenvalue weighted by Gasteiger charge is 2.17. The molecule has 1 unspecified atom stereocenters. The molecule has 0 aromatic heterocycles. The van der Waals surface area contributed by atoms with Gasteiger partial charge in [0.15, 0.2) is 0 Å². The molecule has 1 aliphatic carbocycles. The van der Waals surface area contributed by atoms with Gasteiger partial charge in [0, 0.05) is 5.92 Å². The minimum atomic E-state index is 0.278. The van der Waals surface area contributed by atoms with Crippen LogP contribution in [0.15, 0.2) is 0 Å². The maximum absolute atomic E-state index is 5.49. The first-order valence-electron chi connectivity index (χ1n) is 3.90. The molecule has 1 saturated carbocycles. The van der Waals surface area contributed by atoms with Gasteiger partial charge in [-0.25, -0.2) is 0 Å². The van der Waals surface area contributed by atoms with Crippen LogP contribution in [0.2, 0.25) is 0 Å². The summed E-state index contributed by atoms with van der Waals surface area (Å²) < 4.78 is 5.49. The van der Waals surface area contributed by atoms with Crippen LogP contribution in [0.1, 0.15) is 26.2 Å². The van der Waals surface area contributed by atoms with Gasteiger partial charge >= 0.3 is 0 Å². The SMILES string of the molecule is C#CC(C)COC1CCC1. The first kappa shape index (κ1) is 7.63. The molecule has 0 amide bonds. The summed E-state index contributed by atoms with van der Waals surface area (Å²) in [7, 11) is 0. The normalized spacial score (nSPS) is 21.2. The third-order valence-electron chi connectivity index (χ3n) is 1.92. The third kappa shape index (κ3) is 2.04.